The fourth-order valence-corrected chi connectivity index (χ4v) is 2.47. The van der Waals surface area contributed by atoms with Gasteiger partial charge in [-0.15, -0.1) is 0 Å². The highest BCUT2D eigenvalue weighted by Crippen LogP contribution is 2.34. The Morgan fingerprint density at radius 1 is 1.29 bits per heavy atom. The summed E-state index contributed by atoms with van der Waals surface area (Å²) < 4.78 is 41.0. The molecule has 0 heterocycles. The minimum Gasteiger partial charge on any atom is -0.342 e. The molecule has 2 N–H and O–H groups in total. The van der Waals surface area contributed by atoms with Crippen LogP contribution in [-0.4, -0.2) is 24.7 Å². The molecular formula is C16H19BrF3N3O. The van der Waals surface area contributed by atoms with Crippen molar-refractivity contribution in [1.82, 2.24) is 10.6 Å². The van der Waals surface area contributed by atoms with Gasteiger partial charge >= 0.3 is 6.18 Å². The normalized spacial score (nSPS) is 14.1. The van der Waals surface area contributed by atoms with Crippen LogP contribution in [-0.2, 0) is 4.79 Å². The molecule has 0 bridgehead atoms. The fourth-order valence-electron chi connectivity index (χ4n) is 2.21. The van der Waals surface area contributed by atoms with Gasteiger partial charge in [-0.3, -0.25) is 10.1 Å². The summed E-state index contributed by atoms with van der Waals surface area (Å²) >= 11 is 3.18. The van der Waals surface area contributed by atoms with Crippen molar-refractivity contribution in [1.29, 1.82) is 5.26 Å². The number of carbonyl (C=O) groups excluding carboxylic acids is 1. The van der Waals surface area contributed by atoms with Gasteiger partial charge in [0.05, 0.1) is 12.1 Å². The number of hydrogen-bond acceptors (Lipinski definition) is 3. The molecule has 0 unspecified atom stereocenters. The first-order valence-electron chi connectivity index (χ1n) is 7.38. The van der Waals surface area contributed by atoms with Gasteiger partial charge in [-0.25, -0.2) is 0 Å². The molecule has 0 aliphatic heterocycles. The minimum absolute atomic E-state index is 0.00846. The van der Waals surface area contributed by atoms with Crippen LogP contribution in [0, 0.1) is 17.2 Å². The van der Waals surface area contributed by atoms with E-state index in [1.165, 1.54) is 24.3 Å². The number of nitrogens with one attached hydrogen (secondary N) is 2. The average molecular weight is 406 g/mol. The van der Waals surface area contributed by atoms with Gasteiger partial charge in [-0.1, -0.05) is 41.9 Å². The standard InChI is InChI=1S/C16H19BrF3N3O/c1-10(2)9-13(15(24)22-8-7-21)23-14(16(18,19)20)11-3-5-12(17)6-4-11/h3-6,10,13-14,23H,8-9H2,1-2H3,(H,22,24)/t13-,14+/m0/s1. The predicted octanol–water partition coefficient (Wildman–Crippen LogP) is 3.70. The summed E-state index contributed by atoms with van der Waals surface area (Å²) in [5.74, 6) is -0.606. The highest BCUT2D eigenvalue weighted by atomic mass is 79.9. The minimum atomic E-state index is -4.56. The number of halogens is 4. The van der Waals surface area contributed by atoms with Gasteiger partial charge < -0.3 is 5.32 Å². The summed E-state index contributed by atoms with van der Waals surface area (Å²) in [7, 11) is 0. The predicted molar refractivity (Wildman–Crippen MR) is 87.9 cm³/mol. The molecule has 0 aliphatic rings. The lowest BCUT2D eigenvalue weighted by molar-refractivity contribution is -0.161. The van der Waals surface area contributed by atoms with Crippen LogP contribution in [0.5, 0.6) is 0 Å². The summed E-state index contributed by atoms with van der Waals surface area (Å²) in [4.78, 5) is 12.1. The maximum atomic E-state index is 13.5. The summed E-state index contributed by atoms with van der Waals surface area (Å²) in [6.45, 7) is 3.38. The van der Waals surface area contributed by atoms with Crippen LogP contribution in [0.1, 0.15) is 31.9 Å². The van der Waals surface area contributed by atoms with E-state index in [1.54, 1.807) is 6.07 Å². The summed E-state index contributed by atoms with van der Waals surface area (Å²) in [5, 5.41) is 13.3. The SMILES string of the molecule is CC(C)C[C@H](N[C@H](c1ccc(Br)cc1)C(F)(F)F)C(=O)NCC#N. The van der Waals surface area contributed by atoms with Crippen molar-refractivity contribution < 1.29 is 18.0 Å². The second-order valence-corrected chi connectivity index (χ2v) is 6.67. The molecule has 0 aliphatic carbocycles. The summed E-state index contributed by atoms with van der Waals surface area (Å²) in [5.41, 5.74) is 0.0209. The molecule has 0 aromatic heterocycles. The van der Waals surface area contributed by atoms with Crippen molar-refractivity contribution in [2.75, 3.05) is 6.54 Å². The van der Waals surface area contributed by atoms with Crippen LogP contribution < -0.4 is 10.6 Å². The maximum Gasteiger partial charge on any atom is 0.407 e. The van der Waals surface area contributed by atoms with Crippen LogP contribution in [0.2, 0.25) is 0 Å². The van der Waals surface area contributed by atoms with Gasteiger partial charge in [0.15, 0.2) is 0 Å². The Labute approximate surface area is 147 Å². The van der Waals surface area contributed by atoms with Crippen molar-refractivity contribution in [2.24, 2.45) is 5.92 Å². The zero-order valence-corrected chi connectivity index (χ0v) is 14.9. The topological polar surface area (TPSA) is 64.9 Å². The molecule has 8 heteroatoms. The van der Waals surface area contributed by atoms with E-state index in [0.717, 1.165) is 0 Å². The molecule has 1 rings (SSSR count). The van der Waals surface area contributed by atoms with Crippen molar-refractivity contribution in [3.63, 3.8) is 0 Å². The Hall–Kier alpha value is -1.59. The Kier molecular flexibility index (Phi) is 7.70. The first kappa shape index (κ1) is 20.5. The average Bonchev–Trinajstić information content (AvgIpc) is 2.48. The number of benzene rings is 1. The Balaban J connectivity index is 3.05. The number of hydrogen-bond donors (Lipinski definition) is 2. The maximum absolute atomic E-state index is 13.5. The molecule has 0 saturated heterocycles. The van der Waals surface area contributed by atoms with E-state index in [9.17, 15) is 18.0 Å². The van der Waals surface area contributed by atoms with Crippen LogP contribution in [0.15, 0.2) is 28.7 Å². The molecule has 24 heavy (non-hydrogen) atoms. The summed E-state index contributed by atoms with van der Waals surface area (Å²) in [6.07, 6.45) is -4.33. The number of amides is 1. The molecule has 4 nitrogen and oxygen atoms in total. The van der Waals surface area contributed by atoms with Gasteiger partial charge in [-0.05, 0) is 30.0 Å². The van der Waals surface area contributed by atoms with E-state index in [2.05, 4.69) is 26.6 Å². The molecule has 0 saturated carbocycles. The van der Waals surface area contributed by atoms with Crippen LogP contribution in [0.3, 0.4) is 0 Å². The molecular weight excluding hydrogens is 387 g/mol. The van der Waals surface area contributed by atoms with Gasteiger partial charge in [0.25, 0.3) is 0 Å². The molecule has 1 aromatic carbocycles. The van der Waals surface area contributed by atoms with E-state index in [4.69, 9.17) is 5.26 Å². The first-order chi connectivity index (χ1) is 11.1. The van der Waals surface area contributed by atoms with E-state index >= 15 is 0 Å². The quantitative estimate of drug-likeness (QED) is 0.679. The van der Waals surface area contributed by atoms with Gasteiger partial charge in [-0.2, -0.15) is 18.4 Å². The fraction of sp³-hybridized carbons (Fsp3) is 0.500. The van der Waals surface area contributed by atoms with Crippen molar-refractivity contribution in [3.8, 4) is 6.07 Å². The Bertz CT molecular complexity index is 582. The number of rotatable bonds is 7. The molecule has 2 atom stereocenters. The van der Waals surface area contributed by atoms with Crippen molar-refractivity contribution >= 4 is 21.8 Å². The van der Waals surface area contributed by atoms with E-state index < -0.39 is 24.2 Å². The second-order valence-electron chi connectivity index (χ2n) is 5.75. The highest BCUT2D eigenvalue weighted by molar-refractivity contribution is 9.10. The second kappa shape index (κ2) is 9.04. The Morgan fingerprint density at radius 2 is 1.88 bits per heavy atom. The molecule has 1 amide bonds. The van der Waals surface area contributed by atoms with Gasteiger partial charge in [0.1, 0.15) is 12.6 Å². The molecule has 0 fully saturated rings. The van der Waals surface area contributed by atoms with Crippen LogP contribution in [0.25, 0.3) is 0 Å². The van der Waals surface area contributed by atoms with Crippen LogP contribution in [0.4, 0.5) is 13.2 Å². The van der Waals surface area contributed by atoms with Crippen molar-refractivity contribution in [2.45, 2.75) is 38.5 Å². The molecule has 0 spiro atoms. The number of nitriles is 1. The number of carbonyl (C=O) groups is 1. The van der Waals surface area contributed by atoms with Crippen LogP contribution >= 0.6 is 15.9 Å². The lowest BCUT2D eigenvalue weighted by Crippen LogP contribution is -2.49. The smallest absolute Gasteiger partial charge is 0.342 e. The lowest BCUT2D eigenvalue weighted by atomic mass is 9.99. The van der Waals surface area contributed by atoms with E-state index in [0.29, 0.717) is 4.47 Å². The highest BCUT2D eigenvalue weighted by Gasteiger charge is 2.42. The third-order valence-electron chi connectivity index (χ3n) is 3.26. The largest absolute Gasteiger partial charge is 0.407 e. The third-order valence-corrected chi connectivity index (χ3v) is 3.79. The monoisotopic (exact) mass is 405 g/mol. The van der Waals surface area contributed by atoms with Crippen molar-refractivity contribution in [3.05, 3.63) is 34.3 Å². The first-order valence-corrected chi connectivity index (χ1v) is 8.17. The number of alkyl halides is 3. The zero-order valence-electron chi connectivity index (χ0n) is 13.3. The zero-order chi connectivity index (χ0) is 18.3. The molecule has 0 radical (unpaired) electrons. The molecule has 1 aromatic rings. The Morgan fingerprint density at radius 3 is 2.33 bits per heavy atom. The summed E-state index contributed by atoms with van der Waals surface area (Å²) in [6, 6.07) is 4.47. The van der Waals surface area contributed by atoms with Gasteiger partial charge in [0.2, 0.25) is 5.91 Å². The molecule has 132 valence electrons. The van der Waals surface area contributed by atoms with E-state index in [1.807, 2.05) is 13.8 Å². The lowest BCUT2D eigenvalue weighted by Gasteiger charge is -2.28. The van der Waals surface area contributed by atoms with Gasteiger partial charge in [0, 0.05) is 4.47 Å². The third kappa shape index (κ3) is 6.49. The number of nitrogens with zero attached hydrogens (tertiary/aromatic N) is 1. The van der Waals surface area contributed by atoms with E-state index in [-0.39, 0.29) is 24.4 Å².